The molecule has 0 amide bonds. The van der Waals surface area contributed by atoms with Gasteiger partial charge in [0.05, 0.1) is 11.4 Å². The van der Waals surface area contributed by atoms with Crippen LogP contribution in [0.5, 0.6) is 5.75 Å². The number of aromatic hydroxyl groups is 1. The number of phenolic OH excluding ortho intramolecular Hbond substituents is 1. The van der Waals surface area contributed by atoms with Gasteiger partial charge in [-0.3, -0.25) is 4.90 Å². The summed E-state index contributed by atoms with van der Waals surface area (Å²) in [5, 5.41) is 13.1. The van der Waals surface area contributed by atoms with Crippen LogP contribution in [0, 0.1) is 0 Å². The van der Waals surface area contributed by atoms with E-state index in [-0.39, 0.29) is 5.41 Å². The lowest BCUT2D eigenvalue weighted by atomic mass is 9.82. The second-order valence-electron chi connectivity index (χ2n) is 10.5. The fourth-order valence-electron chi connectivity index (χ4n) is 5.91. The summed E-state index contributed by atoms with van der Waals surface area (Å²) < 4.78 is 0. The average molecular weight is 506 g/mol. The summed E-state index contributed by atoms with van der Waals surface area (Å²) in [6, 6.07) is 39.0. The van der Waals surface area contributed by atoms with Crippen LogP contribution in [0.25, 0.3) is 33.2 Å². The van der Waals surface area contributed by atoms with Gasteiger partial charge in [0.2, 0.25) is 0 Å². The van der Waals surface area contributed by atoms with Gasteiger partial charge in [0, 0.05) is 28.1 Å². The van der Waals surface area contributed by atoms with Crippen LogP contribution in [0.3, 0.4) is 0 Å². The molecule has 4 nitrogen and oxygen atoms in total. The van der Waals surface area contributed by atoms with Crippen LogP contribution in [0.2, 0.25) is 0 Å². The molecule has 6 aromatic rings. The molecule has 188 valence electrons. The molecule has 0 radical (unpaired) electrons. The van der Waals surface area contributed by atoms with Crippen LogP contribution < -0.4 is 4.90 Å². The van der Waals surface area contributed by atoms with Gasteiger partial charge in [0.25, 0.3) is 0 Å². The molecular formula is C35H27N3O. The van der Waals surface area contributed by atoms with E-state index in [0.29, 0.717) is 5.75 Å². The van der Waals surface area contributed by atoms with Crippen molar-refractivity contribution in [2.24, 2.45) is 0 Å². The zero-order chi connectivity index (χ0) is 26.6. The number of rotatable bonds is 4. The molecule has 0 saturated carbocycles. The molecule has 0 aliphatic heterocycles. The van der Waals surface area contributed by atoms with Gasteiger partial charge in [-0.1, -0.05) is 86.6 Å². The van der Waals surface area contributed by atoms with Gasteiger partial charge in [0.15, 0.2) is 0 Å². The van der Waals surface area contributed by atoms with Crippen molar-refractivity contribution in [3.05, 3.63) is 133 Å². The third-order valence-corrected chi connectivity index (χ3v) is 7.82. The van der Waals surface area contributed by atoms with Crippen molar-refractivity contribution in [2.75, 3.05) is 4.90 Å². The standard InChI is InChI=1S/C35H27N3O/c1-35(2)27-20-19-24(22-26(27)34-28(35)13-8-16-31(34)39)29-14-9-18-33(37-29)38(32-17-5-6-21-36-32)30-15-7-11-23-10-3-4-12-25(23)30/h3-22,39H,1-2H3. The van der Waals surface area contributed by atoms with E-state index in [1.54, 1.807) is 6.07 Å². The molecular weight excluding hydrogens is 478 g/mol. The van der Waals surface area contributed by atoms with Gasteiger partial charge in [-0.05, 0) is 64.5 Å². The maximum atomic E-state index is 10.8. The molecule has 2 aromatic heterocycles. The first-order valence-corrected chi connectivity index (χ1v) is 13.2. The first-order chi connectivity index (χ1) is 19.0. The zero-order valence-corrected chi connectivity index (χ0v) is 21.8. The van der Waals surface area contributed by atoms with E-state index < -0.39 is 0 Å². The largest absolute Gasteiger partial charge is 0.507 e. The third kappa shape index (κ3) is 3.68. The van der Waals surface area contributed by atoms with Gasteiger partial charge >= 0.3 is 0 Å². The monoisotopic (exact) mass is 505 g/mol. The van der Waals surface area contributed by atoms with Crippen LogP contribution in [-0.2, 0) is 5.41 Å². The van der Waals surface area contributed by atoms with E-state index in [2.05, 4.69) is 85.5 Å². The number of fused-ring (bicyclic) bond motifs is 4. The summed E-state index contributed by atoms with van der Waals surface area (Å²) in [5.74, 6) is 1.90. The maximum Gasteiger partial charge on any atom is 0.139 e. The van der Waals surface area contributed by atoms with E-state index in [0.717, 1.165) is 56.0 Å². The van der Waals surface area contributed by atoms with Gasteiger partial charge in [-0.2, -0.15) is 0 Å². The molecule has 39 heavy (non-hydrogen) atoms. The highest BCUT2D eigenvalue weighted by molar-refractivity contribution is 5.98. The molecule has 1 N–H and O–H groups in total. The zero-order valence-electron chi connectivity index (χ0n) is 21.8. The van der Waals surface area contributed by atoms with Crippen molar-refractivity contribution in [1.82, 2.24) is 9.97 Å². The highest BCUT2D eigenvalue weighted by atomic mass is 16.3. The lowest BCUT2D eigenvalue weighted by Crippen LogP contribution is -2.14. The third-order valence-electron chi connectivity index (χ3n) is 7.82. The Morgan fingerprint density at radius 3 is 2.33 bits per heavy atom. The fraction of sp³-hybridized carbons (Fsp3) is 0.0857. The lowest BCUT2D eigenvalue weighted by molar-refractivity contribution is 0.476. The summed E-state index contributed by atoms with van der Waals surface area (Å²) in [7, 11) is 0. The molecule has 4 aromatic carbocycles. The Kier molecular flexibility index (Phi) is 5.24. The summed E-state index contributed by atoms with van der Waals surface area (Å²) in [6.07, 6.45) is 1.81. The number of benzene rings is 4. The Morgan fingerprint density at radius 1 is 0.692 bits per heavy atom. The second kappa shape index (κ2) is 8.81. The lowest BCUT2D eigenvalue weighted by Gasteiger charge is -2.25. The first kappa shape index (κ1) is 23.2. The molecule has 7 rings (SSSR count). The number of phenols is 1. The van der Waals surface area contributed by atoms with Crippen LogP contribution in [0.15, 0.2) is 121 Å². The van der Waals surface area contributed by atoms with Crippen LogP contribution >= 0.6 is 0 Å². The highest BCUT2D eigenvalue weighted by Gasteiger charge is 2.37. The summed E-state index contributed by atoms with van der Waals surface area (Å²) >= 11 is 0. The smallest absolute Gasteiger partial charge is 0.139 e. The second-order valence-corrected chi connectivity index (χ2v) is 10.5. The van der Waals surface area contributed by atoms with Crippen molar-refractivity contribution in [3.63, 3.8) is 0 Å². The number of nitrogens with zero attached hydrogens (tertiary/aromatic N) is 3. The van der Waals surface area contributed by atoms with Crippen molar-refractivity contribution in [2.45, 2.75) is 19.3 Å². The van der Waals surface area contributed by atoms with Gasteiger partial charge in [-0.25, -0.2) is 9.97 Å². The molecule has 0 unspecified atom stereocenters. The van der Waals surface area contributed by atoms with Crippen molar-refractivity contribution in [3.8, 4) is 28.1 Å². The fourth-order valence-corrected chi connectivity index (χ4v) is 5.91. The predicted molar refractivity (Wildman–Crippen MR) is 159 cm³/mol. The Bertz CT molecular complexity index is 1850. The molecule has 0 fully saturated rings. The van der Waals surface area contributed by atoms with Gasteiger partial charge in [0.1, 0.15) is 17.4 Å². The Balaban J connectivity index is 1.39. The summed E-state index contributed by atoms with van der Waals surface area (Å²) in [6.45, 7) is 4.43. The minimum atomic E-state index is -0.179. The van der Waals surface area contributed by atoms with Crippen LogP contribution in [-0.4, -0.2) is 15.1 Å². The maximum absolute atomic E-state index is 10.8. The molecule has 0 saturated heterocycles. The van der Waals surface area contributed by atoms with Gasteiger partial charge < -0.3 is 5.11 Å². The van der Waals surface area contributed by atoms with E-state index in [9.17, 15) is 5.11 Å². The van der Waals surface area contributed by atoms with Crippen molar-refractivity contribution < 1.29 is 5.11 Å². The van der Waals surface area contributed by atoms with Crippen molar-refractivity contribution in [1.29, 1.82) is 0 Å². The molecule has 2 heterocycles. The molecule has 0 bridgehead atoms. The van der Waals surface area contributed by atoms with E-state index >= 15 is 0 Å². The Morgan fingerprint density at radius 2 is 1.46 bits per heavy atom. The number of aromatic nitrogens is 2. The quantitative estimate of drug-likeness (QED) is 0.260. The Labute approximate surface area is 227 Å². The average Bonchev–Trinajstić information content (AvgIpc) is 3.21. The minimum Gasteiger partial charge on any atom is -0.507 e. The molecule has 1 aliphatic rings. The van der Waals surface area contributed by atoms with Gasteiger partial charge in [-0.15, -0.1) is 0 Å². The van der Waals surface area contributed by atoms with Crippen LogP contribution in [0.4, 0.5) is 17.3 Å². The number of hydrogen-bond donors (Lipinski definition) is 1. The normalized spacial score (nSPS) is 13.2. The van der Waals surface area contributed by atoms with E-state index in [4.69, 9.17) is 9.97 Å². The summed E-state index contributed by atoms with van der Waals surface area (Å²) in [5.41, 5.74) is 7.04. The molecule has 1 aliphatic carbocycles. The first-order valence-electron chi connectivity index (χ1n) is 13.2. The minimum absolute atomic E-state index is 0.179. The topological polar surface area (TPSA) is 49.2 Å². The van der Waals surface area contributed by atoms with Crippen molar-refractivity contribution >= 4 is 28.1 Å². The molecule has 0 spiro atoms. The van der Waals surface area contributed by atoms with E-state index in [1.807, 2.05) is 48.7 Å². The number of hydrogen-bond acceptors (Lipinski definition) is 4. The molecule has 4 heteroatoms. The summed E-state index contributed by atoms with van der Waals surface area (Å²) in [4.78, 5) is 12.0. The predicted octanol–water partition coefficient (Wildman–Crippen LogP) is 8.78. The molecule has 0 atom stereocenters. The number of pyridine rings is 2. The Hall–Kier alpha value is -4.96. The van der Waals surface area contributed by atoms with E-state index in [1.165, 1.54) is 5.56 Å². The number of anilines is 3. The van der Waals surface area contributed by atoms with Crippen LogP contribution in [0.1, 0.15) is 25.0 Å². The SMILES string of the molecule is CC1(C)c2ccc(-c3cccc(N(c4ccccn4)c4cccc5ccccc45)n3)cc2-c2c(O)cccc21. The highest BCUT2D eigenvalue weighted by Crippen LogP contribution is 2.52.